The normalized spacial score (nSPS) is 22.3. The molecular weight excluding hydrogens is 364 g/mol. The molecule has 0 saturated carbocycles. The van der Waals surface area contributed by atoms with E-state index in [1.165, 1.54) is 34.9 Å². The molecule has 25 heavy (non-hydrogen) atoms. The number of thioether (sulfide) groups is 1. The van der Waals surface area contributed by atoms with Crippen molar-refractivity contribution in [1.82, 2.24) is 10.2 Å². The first-order chi connectivity index (χ1) is 12.0. The van der Waals surface area contributed by atoms with Gasteiger partial charge in [-0.3, -0.25) is 19.3 Å². The molecule has 0 aromatic carbocycles. The minimum atomic E-state index is -0.589. The van der Waals surface area contributed by atoms with Crippen molar-refractivity contribution in [2.45, 2.75) is 24.8 Å². The van der Waals surface area contributed by atoms with Crippen LogP contribution in [0.2, 0.25) is 0 Å². The number of β-lactam (4-membered cyclic amide) rings is 1. The molecule has 0 aliphatic carbocycles. The van der Waals surface area contributed by atoms with Gasteiger partial charge in [-0.2, -0.15) is 0 Å². The van der Waals surface area contributed by atoms with E-state index >= 15 is 0 Å². The molecule has 0 unspecified atom stereocenters. The highest BCUT2D eigenvalue weighted by atomic mass is 32.2. The smallest absolute Gasteiger partial charge is 0.302 e. The summed E-state index contributed by atoms with van der Waals surface area (Å²) in [5.74, 6) is -0.317. The number of carbonyl (C=O) groups is 3. The van der Waals surface area contributed by atoms with Crippen molar-refractivity contribution in [3.8, 4) is 0 Å². The molecule has 1 aromatic heterocycles. The van der Waals surface area contributed by atoms with Gasteiger partial charge in [0.2, 0.25) is 5.91 Å². The van der Waals surface area contributed by atoms with E-state index in [0.717, 1.165) is 10.5 Å². The van der Waals surface area contributed by atoms with Crippen molar-refractivity contribution in [2.24, 2.45) is 0 Å². The van der Waals surface area contributed by atoms with Crippen LogP contribution in [0.5, 0.6) is 0 Å². The zero-order valence-electron chi connectivity index (χ0n) is 13.6. The van der Waals surface area contributed by atoms with Crippen molar-refractivity contribution in [3.63, 3.8) is 0 Å². The number of nitrogens with one attached hydrogen (secondary N) is 1. The van der Waals surface area contributed by atoms with Gasteiger partial charge in [-0.15, -0.1) is 23.1 Å². The Morgan fingerprint density at radius 2 is 2.28 bits per heavy atom. The van der Waals surface area contributed by atoms with Crippen LogP contribution in [0.1, 0.15) is 11.8 Å². The number of nitrogens with zero attached hydrogens (tertiary/aromatic N) is 1. The van der Waals surface area contributed by atoms with Gasteiger partial charge in [0.05, 0.1) is 18.7 Å². The first-order valence-corrected chi connectivity index (χ1v) is 9.65. The average molecular weight is 382 g/mol. The number of thiophene rings is 1. The van der Waals surface area contributed by atoms with E-state index in [1.807, 2.05) is 17.5 Å². The Balaban J connectivity index is 1.64. The molecule has 7 nitrogen and oxygen atoms in total. The fourth-order valence-electron chi connectivity index (χ4n) is 2.79. The van der Waals surface area contributed by atoms with Crippen LogP contribution in [0.15, 0.2) is 28.8 Å². The predicted molar refractivity (Wildman–Crippen MR) is 93.8 cm³/mol. The summed E-state index contributed by atoms with van der Waals surface area (Å²) in [5, 5.41) is 14.1. The van der Waals surface area contributed by atoms with Gasteiger partial charge in [0.15, 0.2) is 0 Å². The zero-order valence-corrected chi connectivity index (χ0v) is 15.2. The SMILES string of the molecule is CC(=O)OCC1=C(CO)N2C(=O)[C@@H](NC(=O)Cc3cccs3)[C@H]2SC1. The number of carbonyl (C=O) groups excluding carboxylic acids is 3. The molecule has 134 valence electrons. The number of hydrogen-bond acceptors (Lipinski definition) is 7. The van der Waals surface area contributed by atoms with Gasteiger partial charge >= 0.3 is 5.97 Å². The van der Waals surface area contributed by atoms with Gasteiger partial charge in [-0.05, 0) is 17.0 Å². The van der Waals surface area contributed by atoms with E-state index in [1.54, 1.807) is 0 Å². The minimum Gasteiger partial charge on any atom is -0.461 e. The molecule has 2 N–H and O–H groups in total. The van der Waals surface area contributed by atoms with Crippen molar-refractivity contribution in [2.75, 3.05) is 19.0 Å². The third kappa shape index (κ3) is 3.73. The van der Waals surface area contributed by atoms with Crippen LogP contribution in [-0.2, 0) is 25.5 Å². The summed E-state index contributed by atoms with van der Waals surface area (Å²) >= 11 is 2.98. The second kappa shape index (κ2) is 7.59. The van der Waals surface area contributed by atoms with Gasteiger partial charge in [0.1, 0.15) is 18.0 Å². The third-order valence-corrected chi connectivity index (χ3v) is 6.22. The van der Waals surface area contributed by atoms with E-state index < -0.39 is 12.0 Å². The Labute approximate surface area is 153 Å². The molecule has 3 heterocycles. The minimum absolute atomic E-state index is 0.0597. The van der Waals surface area contributed by atoms with Crippen LogP contribution in [-0.4, -0.2) is 58.2 Å². The highest BCUT2D eigenvalue weighted by Gasteiger charge is 2.52. The Hall–Kier alpha value is -1.84. The lowest BCUT2D eigenvalue weighted by molar-refractivity contribution is -0.146. The Bertz CT molecular complexity index is 716. The molecule has 1 fully saturated rings. The summed E-state index contributed by atoms with van der Waals surface area (Å²) in [4.78, 5) is 38.0. The zero-order chi connectivity index (χ0) is 18.0. The number of aliphatic hydroxyl groups excluding tert-OH is 1. The summed E-state index contributed by atoms with van der Waals surface area (Å²) in [5.41, 5.74) is 1.19. The molecule has 1 aromatic rings. The fraction of sp³-hybridized carbons (Fsp3) is 0.438. The van der Waals surface area contributed by atoms with Crippen molar-refractivity contribution >= 4 is 40.9 Å². The van der Waals surface area contributed by atoms with Gasteiger partial charge in [-0.25, -0.2) is 0 Å². The van der Waals surface area contributed by atoms with Crippen LogP contribution >= 0.6 is 23.1 Å². The molecule has 0 radical (unpaired) electrons. The third-order valence-electron chi connectivity index (χ3n) is 4.00. The largest absolute Gasteiger partial charge is 0.461 e. The quantitative estimate of drug-likeness (QED) is 0.550. The Morgan fingerprint density at radius 3 is 2.92 bits per heavy atom. The number of aliphatic hydroxyl groups is 1. The molecule has 2 atom stereocenters. The second-order valence-corrected chi connectivity index (χ2v) is 7.84. The van der Waals surface area contributed by atoms with Gasteiger partial charge in [-0.1, -0.05) is 6.07 Å². The number of esters is 1. The summed E-state index contributed by atoms with van der Waals surface area (Å²) in [6, 6.07) is 3.17. The van der Waals surface area contributed by atoms with E-state index in [-0.39, 0.29) is 36.8 Å². The maximum absolute atomic E-state index is 12.4. The van der Waals surface area contributed by atoms with Crippen molar-refractivity contribution in [3.05, 3.63) is 33.7 Å². The number of amides is 2. The van der Waals surface area contributed by atoms with Crippen LogP contribution in [0.3, 0.4) is 0 Å². The van der Waals surface area contributed by atoms with E-state index in [0.29, 0.717) is 11.4 Å². The van der Waals surface area contributed by atoms with E-state index in [9.17, 15) is 19.5 Å². The molecular formula is C16H18N2O5S2. The Kier molecular flexibility index (Phi) is 5.45. The monoisotopic (exact) mass is 382 g/mol. The lowest BCUT2D eigenvalue weighted by Gasteiger charge is -2.50. The lowest BCUT2D eigenvalue weighted by Crippen LogP contribution is -2.70. The highest BCUT2D eigenvalue weighted by molar-refractivity contribution is 8.00. The standard InChI is InChI=1S/C16H18N2O5S2/c1-9(20)23-7-10-8-25-16-14(15(22)18(16)12(10)6-19)17-13(21)5-11-3-2-4-24-11/h2-4,14,16,19H,5-8H2,1H3,(H,17,21)/t14-,16-/m1/s1. The molecule has 2 amide bonds. The molecule has 9 heteroatoms. The van der Waals surface area contributed by atoms with Crippen LogP contribution in [0.4, 0.5) is 0 Å². The number of ether oxygens (including phenoxy) is 1. The number of hydrogen-bond donors (Lipinski definition) is 2. The van der Waals surface area contributed by atoms with Crippen molar-refractivity contribution in [1.29, 1.82) is 0 Å². The summed E-state index contributed by atoms with van der Waals surface area (Å²) in [7, 11) is 0. The first-order valence-electron chi connectivity index (χ1n) is 7.72. The lowest BCUT2D eigenvalue weighted by atomic mass is 10.0. The van der Waals surface area contributed by atoms with Crippen LogP contribution < -0.4 is 5.32 Å². The van der Waals surface area contributed by atoms with Crippen molar-refractivity contribution < 1.29 is 24.2 Å². The molecule has 3 rings (SSSR count). The van der Waals surface area contributed by atoms with Crippen LogP contribution in [0, 0.1) is 0 Å². The highest BCUT2D eigenvalue weighted by Crippen LogP contribution is 2.40. The second-order valence-electron chi connectivity index (χ2n) is 5.70. The van der Waals surface area contributed by atoms with E-state index in [4.69, 9.17) is 4.74 Å². The molecule has 0 bridgehead atoms. The summed E-state index contributed by atoms with van der Waals surface area (Å²) in [6.07, 6.45) is 0.249. The number of rotatable bonds is 6. The number of fused-ring (bicyclic) bond motifs is 1. The van der Waals surface area contributed by atoms with Gasteiger partial charge < -0.3 is 15.2 Å². The summed E-state index contributed by atoms with van der Waals surface area (Å²) in [6.45, 7) is 1.06. The predicted octanol–water partition coefficient (Wildman–Crippen LogP) is 0.500. The Morgan fingerprint density at radius 1 is 1.48 bits per heavy atom. The molecule has 0 spiro atoms. The maximum atomic E-state index is 12.4. The van der Waals surface area contributed by atoms with Crippen LogP contribution in [0.25, 0.3) is 0 Å². The average Bonchev–Trinajstić information content (AvgIpc) is 3.09. The van der Waals surface area contributed by atoms with E-state index in [2.05, 4.69) is 5.32 Å². The molecule has 2 aliphatic heterocycles. The van der Waals surface area contributed by atoms with Gasteiger partial charge in [0.25, 0.3) is 5.91 Å². The first kappa shape index (κ1) is 18.0. The van der Waals surface area contributed by atoms with Gasteiger partial charge in [0, 0.05) is 17.6 Å². The summed E-state index contributed by atoms with van der Waals surface area (Å²) < 4.78 is 4.98. The molecule has 2 aliphatic rings. The maximum Gasteiger partial charge on any atom is 0.302 e. The topological polar surface area (TPSA) is 95.9 Å². The molecule has 1 saturated heterocycles. The fourth-order valence-corrected chi connectivity index (χ4v) is 4.87.